The SMILES string of the molecule is Cc1cc(-c2nn(C)c(C)c2[N+]([O-])=NC#N)on1. The van der Waals surface area contributed by atoms with Gasteiger partial charge in [-0.05, 0) is 18.7 Å². The molecule has 0 amide bonds. The second-order valence-electron chi connectivity index (χ2n) is 3.71. The second-order valence-corrected chi connectivity index (χ2v) is 3.71. The summed E-state index contributed by atoms with van der Waals surface area (Å²) in [7, 11) is 1.69. The maximum absolute atomic E-state index is 11.7. The first kappa shape index (κ1) is 11.8. The van der Waals surface area contributed by atoms with Gasteiger partial charge in [0.05, 0.1) is 10.8 Å². The van der Waals surface area contributed by atoms with Gasteiger partial charge in [0.2, 0.25) is 5.69 Å². The Balaban J connectivity index is 2.66. The van der Waals surface area contributed by atoms with Gasteiger partial charge in [-0.3, -0.25) is 4.68 Å². The fourth-order valence-corrected chi connectivity index (χ4v) is 1.56. The van der Waals surface area contributed by atoms with E-state index in [0.717, 1.165) is 0 Å². The van der Waals surface area contributed by atoms with E-state index in [9.17, 15) is 5.21 Å². The Hall–Kier alpha value is -2.69. The molecule has 2 rings (SSSR count). The van der Waals surface area contributed by atoms with Crippen molar-refractivity contribution in [3.05, 3.63) is 22.7 Å². The number of aromatic nitrogens is 3. The first-order valence-electron chi connectivity index (χ1n) is 5.09. The van der Waals surface area contributed by atoms with Crippen molar-refractivity contribution >= 4 is 5.69 Å². The molecule has 92 valence electrons. The van der Waals surface area contributed by atoms with Crippen LogP contribution in [-0.2, 0) is 7.05 Å². The predicted octanol–water partition coefficient (Wildman–Crippen LogP) is 1.77. The molecule has 0 saturated heterocycles. The summed E-state index contributed by atoms with van der Waals surface area (Å²) in [5.41, 5.74) is 1.74. The van der Waals surface area contributed by atoms with Crippen molar-refractivity contribution in [1.29, 1.82) is 5.26 Å². The lowest BCUT2D eigenvalue weighted by atomic mass is 10.2. The van der Waals surface area contributed by atoms with Crippen molar-refractivity contribution < 1.29 is 9.38 Å². The quantitative estimate of drug-likeness (QED) is 0.347. The van der Waals surface area contributed by atoms with Crippen LogP contribution in [0.2, 0.25) is 0 Å². The smallest absolute Gasteiger partial charge is 0.297 e. The summed E-state index contributed by atoms with van der Waals surface area (Å²) < 4.78 is 6.59. The molecule has 0 bridgehead atoms. The van der Waals surface area contributed by atoms with Crippen molar-refractivity contribution in [3.8, 4) is 17.6 Å². The first-order valence-corrected chi connectivity index (χ1v) is 5.09. The lowest BCUT2D eigenvalue weighted by Gasteiger charge is -1.97. The van der Waals surface area contributed by atoms with Gasteiger partial charge < -0.3 is 9.73 Å². The molecule has 0 fully saturated rings. The van der Waals surface area contributed by atoms with Gasteiger partial charge in [-0.2, -0.15) is 10.4 Å². The molecule has 0 aliphatic carbocycles. The number of nitriles is 1. The zero-order valence-electron chi connectivity index (χ0n) is 10.1. The van der Waals surface area contributed by atoms with Crippen LogP contribution < -0.4 is 0 Å². The van der Waals surface area contributed by atoms with Gasteiger partial charge in [0.1, 0.15) is 5.69 Å². The molecule has 2 heterocycles. The Kier molecular flexibility index (Phi) is 2.81. The van der Waals surface area contributed by atoms with E-state index in [1.165, 1.54) is 10.9 Å². The van der Waals surface area contributed by atoms with Gasteiger partial charge in [-0.15, -0.1) is 0 Å². The summed E-state index contributed by atoms with van der Waals surface area (Å²) in [6.45, 7) is 3.46. The van der Waals surface area contributed by atoms with Gasteiger partial charge in [-0.25, -0.2) is 0 Å². The minimum atomic E-state index is 0.176. The van der Waals surface area contributed by atoms with E-state index in [1.54, 1.807) is 27.0 Å². The summed E-state index contributed by atoms with van der Waals surface area (Å²) in [6.07, 6.45) is 1.44. The molecular weight excluding hydrogens is 236 g/mol. The molecule has 0 radical (unpaired) electrons. The molecule has 0 atom stereocenters. The Bertz CT molecular complexity index is 660. The van der Waals surface area contributed by atoms with E-state index in [0.29, 0.717) is 22.8 Å². The van der Waals surface area contributed by atoms with E-state index >= 15 is 0 Å². The van der Waals surface area contributed by atoms with E-state index in [4.69, 9.17) is 9.78 Å². The van der Waals surface area contributed by atoms with Gasteiger partial charge >= 0.3 is 0 Å². The molecular formula is C10H10N6O2. The average Bonchev–Trinajstić information content (AvgIpc) is 2.85. The summed E-state index contributed by atoms with van der Waals surface area (Å²) in [5, 5.41) is 31.2. The largest absolute Gasteiger partial charge is 0.593 e. The maximum Gasteiger partial charge on any atom is 0.297 e. The highest BCUT2D eigenvalue weighted by atomic mass is 16.5. The van der Waals surface area contributed by atoms with Crippen LogP contribution in [0.5, 0.6) is 0 Å². The molecule has 2 aromatic rings. The fraction of sp³-hybridized carbons (Fsp3) is 0.300. The second kappa shape index (κ2) is 4.29. The fourth-order valence-electron chi connectivity index (χ4n) is 1.56. The lowest BCUT2D eigenvalue weighted by Crippen LogP contribution is -1.95. The number of nitrogens with zero attached hydrogens (tertiary/aromatic N) is 6. The van der Waals surface area contributed by atoms with Crippen LogP contribution in [-0.4, -0.2) is 19.8 Å². The molecule has 0 aromatic carbocycles. The third kappa shape index (κ3) is 1.82. The number of hydrogen-bond acceptors (Lipinski definition) is 6. The molecule has 8 nitrogen and oxygen atoms in total. The van der Waals surface area contributed by atoms with Gasteiger partial charge in [-0.1, -0.05) is 5.16 Å². The Labute approximate surface area is 102 Å². The highest BCUT2D eigenvalue weighted by Crippen LogP contribution is 2.32. The van der Waals surface area contributed by atoms with Gasteiger partial charge in [0, 0.05) is 13.1 Å². The van der Waals surface area contributed by atoms with E-state index in [1.807, 2.05) is 0 Å². The van der Waals surface area contributed by atoms with Crippen LogP contribution in [0.3, 0.4) is 0 Å². The van der Waals surface area contributed by atoms with E-state index in [2.05, 4.69) is 15.4 Å². The molecule has 0 spiro atoms. The zero-order valence-corrected chi connectivity index (χ0v) is 10.1. The summed E-state index contributed by atoms with van der Waals surface area (Å²) in [6, 6.07) is 1.66. The van der Waals surface area contributed by atoms with Crippen LogP contribution >= 0.6 is 0 Å². The molecule has 0 saturated carbocycles. The zero-order chi connectivity index (χ0) is 13.3. The Morgan fingerprint density at radius 3 is 2.83 bits per heavy atom. The third-order valence-electron chi connectivity index (χ3n) is 2.49. The maximum atomic E-state index is 11.7. The van der Waals surface area contributed by atoms with Crippen LogP contribution in [0.15, 0.2) is 15.7 Å². The van der Waals surface area contributed by atoms with Crippen LogP contribution in [0, 0.1) is 30.5 Å². The molecule has 0 aliphatic rings. The van der Waals surface area contributed by atoms with Crippen LogP contribution in [0.1, 0.15) is 11.4 Å². The summed E-state index contributed by atoms with van der Waals surface area (Å²) in [5.74, 6) is 0.361. The van der Waals surface area contributed by atoms with Crippen LogP contribution in [0.4, 0.5) is 5.69 Å². The third-order valence-corrected chi connectivity index (χ3v) is 2.49. The van der Waals surface area contributed by atoms with E-state index in [-0.39, 0.29) is 10.5 Å². The van der Waals surface area contributed by atoms with Crippen LogP contribution in [0.25, 0.3) is 11.5 Å². The highest BCUT2D eigenvalue weighted by Gasteiger charge is 2.26. The van der Waals surface area contributed by atoms with Gasteiger partial charge in [0.25, 0.3) is 11.9 Å². The number of aryl methyl sites for hydroxylation is 2. The number of azo groups is 1. The van der Waals surface area contributed by atoms with Crippen molar-refractivity contribution in [1.82, 2.24) is 14.9 Å². The first-order chi connectivity index (χ1) is 8.54. The average molecular weight is 246 g/mol. The normalized spacial score (nSPS) is 11.6. The Morgan fingerprint density at radius 1 is 1.56 bits per heavy atom. The molecule has 18 heavy (non-hydrogen) atoms. The van der Waals surface area contributed by atoms with Crippen molar-refractivity contribution in [3.63, 3.8) is 0 Å². The Morgan fingerprint density at radius 2 is 2.28 bits per heavy atom. The standard InChI is InChI=1S/C10H10N6O2/c1-6-4-8(18-14-6)9-10(16(17)12-5-11)7(2)15(3)13-9/h4H,1-3H3. The predicted molar refractivity (Wildman–Crippen MR) is 59.5 cm³/mol. The van der Waals surface area contributed by atoms with Crippen molar-refractivity contribution in [2.24, 2.45) is 12.2 Å². The monoisotopic (exact) mass is 246 g/mol. The molecule has 0 N–H and O–H groups in total. The number of rotatable bonds is 2. The van der Waals surface area contributed by atoms with Gasteiger partial charge in [0.15, 0.2) is 5.76 Å². The molecule has 0 aliphatic heterocycles. The lowest BCUT2D eigenvalue weighted by molar-refractivity contribution is -0.435. The minimum absolute atomic E-state index is 0.176. The molecule has 2 aromatic heterocycles. The molecule has 8 heteroatoms. The van der Waals surface area contributed by atoms with Crippen molar-refractivity contribution in [2.75, 3.05) is 0 Å². The van der Waals surface area contributed by atoms with Crippen molar-refractivity contribution in [2.45, 2.75) is 13.8 Å². The summed E-state index contributed by atoms with van der Waals surface area (Å²) >= 11 is 0. The minimum Gasteiger partial charge on any atom is -0.593 e. The number of hydrogen-bond donors (Lipinski definition) is 0. The highest BCUT2D eigenvalue weighted by molar-refractivity contribution is 5.66. The topological polar surface area (TPSA) is 106 Å². The van der Waals surface area contributed by atoms with E-state index < -0.39 is 0 Å². The summed E-state index contributed by atoms with van der Waals surface area (Å²) in [4.78, 5) is 0.232. The molecule has 0 unspecified atom stereocenters.